The minimum atomic E-state index is -0.454. The number of hydrogen-bond acceptors (Lipinski definition) is 6. The highest BCUT2D eigenvalue weighted by atomic mass is 32.1. The van der Waals surface area contributed by atoms with E-state index in [0.717, 1.165) is 38.9 Å². The summed E-state index contributed by atoms with van der Waals surface area (Å²) in [6.07, 6.45) is 2.54. The molecule has 0 unspecified atom stereocenters. The first kappa shape index (κ1) is 19.7. The van der Waals surface area contributed by atoms with Crippen molar-refractivity contribution >= 4 is 40.2 Å². The van der Waals surface area contributed by atoms with Crippen LogP contribution in [0.3, 0.4) is 0 Å². The lowest BCUT2D eigenvalue weighted by atomic mass is 10.0. The van der Waals surface area contributed by atoms with Gasteiger partial charge in [-0.2, -0.15) is 0 Å². The van der Waals surface area contributed by atoms with Crippen molar-refractivity contribution in [3.05, 3.63) is 51.2 Å². The van der Waals surface area contributed by atoms with Gasteiger partial charge >= 0.3 is 0 Å². The van der Waals surface area contributed by atoms with Crippen molar-refractivity contribution in [1.29, 1.82) is 0 Å². The third kappa shape index (κ3) is 4.23. The summed E-state index contributed by atoms with van der Waals surface area (Å²) in [5.41, 5.74) is 2.58. The molecule has 29 heavy (non-hydrogen) atoms. The zero-order chi connectivity index (χ0) is 20.4. The molecule has 1 atom stereocenters. The topological polar surface area (TPSA) is 75.2 Å². The number of aromatic nitrogens is 2. The number of anilines is 1. The largest absolute Gasteiger partial charge is 0.326 e. The van der Waals surface area contributed by atoms with E-state index < -0.39 is 6.04 Å². The van der Waals surface area contributed by atoms with Crippen molar-refractivity contribution in [3.63, 3.8) is 0 Å². The highest BCUT2D eigenvalue weighted by molar-refractivity contribution is 7.14. The Hall–Kier alpha value is -2.58. The maximum atomic E-state index is 13.1. The number of nitrogens with one attached hydrogen (secondary N) is 1. The Morgan fingerprint density at radius 2 is 2.03 bits per heavy atom. The van der Waals surface area contributed by atoms with Crippen molar-refractivity contribution in [3.8, 4) is 10.6 Å². The molecule has 3 aromatic rings. The normalized spacial score (nSPS) is 16.6. The Morgan fingerprint density at radius 1 is 1.17 bits per heavy atom. The smallest absolute Gasteiger partial charge is 0.264 e. The van der Waals surface area contributed by atoms with Crippen molar-refractivity contribution in [1.82, 2.24) is 15.1 Å². The van der Waals surface area contributed by atoms with Gasteiger partial charge in [-0.25, -0.2) is 0 Å². The third-order valence-corrected chi connectivity index (χ3v) is 6.92. The summed E-state index contributed by atoms with van der Waals surface area (Å²) in [5.74, 6) is -0.187. The van der Waals surface area contributed by atoms with Gasteiger partial charge in [0.1, 0.15) is 16.1 Å². The summed E-state index contributed by atoms with van der Waals surface area (Å²) < 4.78 is 0. The van der Waals surface area contributed by atoms with Crippen molar-refractivity contribution in [2.45, 2.75) is 39.2 Å². The van der Waals surface area contributed by atoms with Gasteiger partial charge in [-0.1, -0.05) is 23.5 Å². The second kappa shape index (κ2) is 8.42. The fourth-order valence-corrected chi connectivity index (χ4v) is 5.11. The second-order valence-corrected chi connectivity index (χ2v) is 9.24. The molecule has 1 aliphatic rings. The molecule has 4 rings (SSSR count). The monoisotopic (exact) mass is 426 g/mol. The van der Waals surface area contributed by atoms with Crippen LogP contribution in [0.1, 0.15) is 39.5 Å². The van der Waals surface area contributed by atoms with Crippen molar-refractivity contribution in [2.24, 2.45) is 0 Å². The molecule has 0 aliphatic carbocycles. The molecule has 1 N–H and O–H groups in total. The average Bonchev–Trinajstić information content (AvgIpc) is 3.36. The molecule has 0 bridgehead atoms. The van der Waals surface area contributed by atoms with Crippen LogP contribution in [0.2, 0.25) is 0 Å². The average molecular weight is 427 g/mol. The molecule has 150 valence electrons. The Morgan fingerprint density at radius 3 is 2.76 bits per heavy atom. The Balaban J connectivity index is 1.52. The molecule has 1 aliphatic heterocycles. The molecular formula is C21H22N4O2S2. The number of carbonyl (C=O) groups is 2. The summed E-state index contributed by atoms with van der Waals surface area (Å²) in [7, 11) is 0. The number of thiophene rings is 1. The third-order valence-electron chi connectivity index (χ3n) is 5.03. The van der Waals surface area contributed by atoms with Crippen LogP contribution in [0.4, 0.5) is 5.69 Å². The number of hydrogen-bond donors (Lipinski definition) is 1. The number of carbonyl (C=O) groups excluding carboxylic acids is 2. The van der Waals surface area contributed by atoms with Crippen LogP contribution < -0.4 is 5.32 Å². The van der Waals surface area contributed by atoms with Gasteiger partial charge in [0.05, 0.1) is 4.88 Å². The van der Waals surface area contributed by atoms with Crippen LogP contribution in [0, 0.1) is 13.8 Å². The molecule has 0 saturated carbocycles. The number of amides is 2. The standard InChI is InChI=1S/C21H22N4O2S2/c1-13-9-11-28-18(13)21(27)25-10-4-3-8-17(25)19(26)22-16-7-5-6-15(12-16)20-24-23-14(2)29-20/h5-7,9,11-12,17H,3-4,8,10H2,1-2H3,(H,22,26)/t17-/m1/s1. The Kier molecular flexibility index (Phi) is 5.73. The molecule has 3 heterocycles. The number of piperidine rings is 1. The summed E-state index contributed by atoms with van der Waals surface area (Å²) in [5, 5.41) is 14.9. The van der Waals surface area contributed by atoms with Gasteiger partial charge in [-0.05, 0) is 62.3 Å². The second-order valence-electron chi connectivity index (χ2n) is 7.14. The van der Waals surface area contributed by atoms with Gasteiger partial charge in [0.15, 0.2) is 0 Å². The summed E-state index contributed by atoms with van der Waals surface area (Å²) >= 11 is 2.95. The lowest BCUT2D eigenvalue weighted by molar-refractivity contribution is -0.121. The molecular weight excluding hydrogens is 404 g/mol. The first-order chi connectivity index (χ1) is 14.0. The van der Waals surface area contributed by atoms with Crippen LogP contribution in [-0.2, 0) is 4.79 Å². The Labute approximate surface area is 177 Å². The molecule has 2 aromatic heterocycles. The van der Waals surface area contributed by atoms with Crippen molar-refractivity contribution in [2.75, 3.05) is 11.9 Å². The highest BCUT2D eigenvalue weighted by Gasteiger charge is 2.33. The first-order valence-electron chi connectivity index (χ1n) is 9.59. The lowest BCUT2D eigenvalue weighted by Crippen LogP contribution is -2.50. The van der Waals surface area contributed by atoms with E-state index in [2.05, 4.69) is 15.5 Å². The van der Waals surface area contributed by atoms with Crippen molar-refractivity contribution < 1.29 is 9.59 Å². The van der Waals surface area contributed by atoms with Gasteiger partial charge in [0, 0.05) is 17.8 Å². The van der Waals surface area contributed by atoms with Gasteiger partial charge < -0.3 is 10.2 Å². The van der Waals surface area contributed by atoms with Crippen LogP contribution >= 0.6 is 22.7 Å². The fraction of sp³-hybridized carbons (Fsp3) is 0.333. The van der Waals surface area contributed by atoms with E-state index in [-0.39, 0.29) is 11.8 Å². The molecule has 8 heteroatoms. The van der Waals surface area contributed by atoms with E-state index in [4.69, 9.17) is 0 Å². The van der Waals surface area contributed by atoms with E-state index in [0.29, 0.717) is 18.7 Å². The van der Waals surface area contributed by atoms with E-state index in [1.54, 1.807) is 4.90 Å². The molecule has 1 saturated heterocycles. The van der Waals surface area contributed by atoms with E-state index in [1.807, 2.05) is 49.6 Å². The predicted octanol–water partition coefficient (Wildman–Crippen LogP) is 4.52. The van der Waals surface area contributed by atoms with Crippen LogP contribution in [0.15, 0.2) is 35.7 Å². The minimum absolute atomic E-state index is 0.0459. The predicted molar refractivity (Wildman–Crippen MR) is 116 cm³/mol. The molecule has 0 radical (unpaired) electrons. The number of nitrogens with zero attached hydrogens (tertiary/aromatic N) is 3. The van der Waals surface area contributed by atoms with E-state index in [9.17, 15) is 9.59 Å². The van der Waals surface area contributed by atoms with Crippen LogP contribution in [0.5, 0.6) is 0 Å². The summed E-state index contributed by atoms with van der Waals surface area (Å²) in [4.78, 5) is 28.5. The first-order valence-corrected chi connectivity index (χ1v) is 11.3. The van der Waals surface area contributed by atoms with Crippen LogP contribution in [0.25, 0.3) is 10.6 Å². The number of rotatable bonds is 4. The lowest BCUT2D eigenvalue weighted by Gasteiger charge is -2.34. The summed E-state index contributed by atoms with van der Waals surface area (Å²) in [6.45, 7) is 4.46. The Bertz CT molecular complexity index is 1040. The zero-order valence-electron chi connectivity index (χ0n) is 16.3. The van der Waals surface area contributed by atoms with E-state index >= 15 is 0 Å². The molecule has 2 amide bonds. The SMILES string of the molecule is Cc1nnc(-c2cccc(NC(=O)[C@H]3CCCCN3C(=O)c3sccc3C)c2)s1. The minimum Gasteiger partial charge on any atom is -0.326 e. The highest BCUT2D eigenvalue weighted by Crippen LogP contribution is 2.27. The summed E-state index contributed by atoms with van der Waals surface area (Å²) in [6, 6.07) is 9.08. The molecule has 0 spiro atoms. The van der Waals surface area contributed by atoms with Crippen LogP contribution in [-0.4, -0.2) is 39.5 Å². The maximum absolute atomic E-state index is 13.1. The van der Waals surface area contributed by atoms with Gasteiger partial charge in [-0.15, -0.1) is 21.5 Å². The van der Waals surface area contributed by atoms with Gasteiger partial charge in [0.2, 0.25) is 5.91 Å². The van der Waals surface area contributed by atoms with Gasteiger partial charge in [0.25, 0.3) is 5.91 Å². The molecule has 1 aromatic carbocycles. The molecule has 1 fully saturated rings. The van der Waals surface area contributed by atoms with Gasteiger partial charge in [-0.3, -0.25) is 9.59 Å². The molecule has 6 nitrogen and oxygen atoms in total. The fourth-order valence-electron chi connectivity index (χ4n) is 3.54. The number of likely N-dealkylation sites (tertiary alicyclic amines) is 1. The maximum Gasteiger partial charge on any atom is 0.264 e. The quantitative estimate of drug-likeness (QED) is 0.666. The zero-order valence-corrected chi connectivity index (χ0v) is 18.0. The van der Waals surface area contributed by atoms with E-state index in [1.165, 1.54) is 22.7 Å². The number of aryl methyl sites for hydroxylation is 2. The number of benzene rings is 1.